The predicted molar refractivity (Wildman–Crippen MR) is 50.5 cm³/mol. The molecule has 0 aromatic heterocycles. The third kappa shape index (κ3) is 3.10. The summed E-state index contributed by atoms with van der Waals surface area (Å²) in [4.78, 5) is 0. The van der Waals surface area contributed by atoms with E-state index in [4.69, 9.17) is 14.2 Å². The lowest BCUT2D eigenvalue weighted by Gasteiger charge is -2.20. The maximum atomic E-state index is 5.66. The minimum absolute atomic E-state index is 0.0740. The van der Waals surface area contributed by atoms with E-state index in [0.717, 1.165) is 6.42 Å². The second kappa shape index (κ2) is 4.74. The molecule has 13 heavy (non-hydrogen) atoms. The molecule has 0 N–H and O–H groups in total. The first kappa shape index (κ1) is 10.7. The Hall–Kier alpha value is -0.380. The quantitative estimate of drug-likeness (QED) is 0.483. The van der Waals surface area contributed by atoms with Crippen molar-refractivity contribution in [2.24, 2.45) is 0 Å². The maximum absolute atomic E-state index is 5.66. The summed E-state index contributed by atoms with van der Waals surface area (Å²) in [7, 11) is 0. The van der Waals surface area contributed by atoms with Gasteiger partial charge in [0.2, 0.25) is 0 Å². The summed E-state index contributed by atoms with van der Waals surface area (Å²) < 4.78 is 16.4. The highest BCUT2D eigenvalue weighted by atomic mass is 16.7. The van der Waals surface area contributed by atoms with Crippen LogP contribution in [0.1, 0.15) is 20.3 Å². The van der Waals surface area contributed by atoms with E-state index in [1.165, 1.54) is 0 Å². The molecule has 1 fully saturated rings. The highest BCUT2D eigenvalue weighted by molar-refractivity contribution is 4.74. The Bertz CT molecular complexity index is 170. The van der Waals surface area contributed by atoms with Crippen molar-refractivity contribution in [3.05, 3.63) is 12.7 Å². The van der Waals surface area contributed by atoms with E-state index in [2.05, 4.69) is 6.58 Å². The smallest absolute Gasteiger partial charge is 0.165 e. The van der Waals surface area contributed by atoms with Crippen LogP contribution in [0, 0.1) is 0 Å². The van der Waals surface area contributed by atoms with E-state index in [1.54, 1.807) is 6.08 Å². The summed E-state index contributed by atoms with van der Waals surface area (Å²) in [6.07, 6.45) is 2.67. The first-order valence-electron chi connectivity index (χ1n) is 4.70. The molecular weight excluding hydrogens is 168 g/mol. The van der Waals surface area contributed by atoms with Crippen molar-refractivity contribution in [3.63, 3.8) is 0 Å². The second-order valence-electron chi connectivity index (χ2n) is 3.36. The molecule has 0 aliphatic carbocycles. The van der Waals surface area contributed by atoms with Gasteiger partial charge in [0.15, 0.2) is 5.79 Å². The van der Waals surface area contributed by atoms with Gasteiger partial charge < -0.3 is 14.2 Å². The molecule has 0 saturated carbocycles. The van der Waals surface area contributed by atoms with Crippen LogP contribution in [-0.2, 0) is 14.2 Å². The largest absolute Gasteiger partial charge is 0.375 e. The number of ether oxygens (including phenoxy) is 3. The van der Waals surface area contributed by atoms with Gasteiger partial charge in [0.1, 0.15) is 6.10 Å². The van der Waals surface area contributed by atoms with Gasteiger partial charge in [-0.15, -0.1) is 6.58 Å². The first-order valence-corrected chi connectivity index (χ1v) is 4.70. The summed E-state index contributed by atoms with van der Waals surface area (Å²) in [5, 5.41) is 0. The zero-order chi connectivity index (χ0) is 9.73. The molecule has 1 aliphatic rings. The molecule has 1 saturated heterocycles. The van der Waals surface area contributed by atoms with Gasteiger partial charge in [-0.3, -0.25) is 0 Å². The van der Waals surface area contributed by atoms with Crippen LogP contribution in [-0.4, -0.2) is 31.7 Å². The zero-order valence-electron chi connectivity index (χ0n) is 8.41. The van der Waals surface area contributed by atoms with Gasteiger partial charge in [0, 0.05) is 0 Å². The Kier molecular flexibility index (Phi) is 3.90. The summed E-state index contributed by atoms with van der Waals surface area (Å²) in [6, 6.07) is 0. The Morgan fingerprint density at radius 3 is 3.00 bits per heavy atom. The normalized spacial score (nSPS) is 33.5. The van der Waals surface area contributed by atoms with E-state index in [0.29, 0.717) is 19.8 Å². The average Bonchev–Trinajstić information content (AvgIpc) is 2.50. The highest BCUT2D eigenvalue weighted by Gasteiger charge is 2.35. The van der Waals surface area contributed by atoms with Gasteiger partial charge in [-0.25, -0.2) is 0 Å². The Morgan fingerprint density at radius 1 is 1.69 bits per heavy atom. The lowest BCUT2D eigenvalue weighted by atomic mass is 10.2. The van der Waals surface area contributed by atoms with Crippen LogP contribution in [0.5, 0.6) is 0 Å². The minimum Gasteiger partial charge on any atom is -0.375 e. The summed E-state index contributed by atoms with van der Waals surface area (Å²) in [5.41, 5.74) is 0. The fourth-order valence-electron chi connectivity index (χ4n) is 1.24. The van der Waals surface area contributed by atoms with Crippen molar-refractivity contribution in [1.29, 1.82) is 0 Å². The van der Waals surface area contributed by atoms with Crippen LogP contribution in [0.15, 0.2) is 12.7 Å². The molecule has 1 rings (SSSR count). The molecule has 2 unspecified atom stereocenters. The predicted octanol–water partition coefficient (Wildman–Crippen LogP) is 1.73. The molecule has 0 aromatic rings. The Balaban J connectivity index is 2.21. The average molecular weight is 186 g/mol. The third-order valence-electron chi connectivity index (χ3n) is 2.17. The van der Waals surface area contributed by atoms with Gasteiger partial charge in [0.05, 0.1) is 19.8 Å². The molecule has 1 aliphatic heterocycles. The van der Waals surface area contributed by atoms with E-state index in [1.807, 2.05) is 13.8 Å². The van der Waals surface area contributed by atoms with Crippen LogP contribution in [0.4, 0.5) is 0 Å². The van der Waals surface area contributed by atoms with Gasteiger partial charge in [-0.05, 0) is 13.3 Å². The first-order chi connectivity index (χ1) is 6.20. The van der Waals surface area contributed by atoms with E-state index in [9.17, 15) is 0 Å². The van der Waals surface area contributed by atoms with Gasteiger partial charge in [0.25, 0.3) is 0 Å². The fourth-order valence-corrected chi connectivity index (χ4v) is 1.24. The maximum Gasteiger partial charge on any atom is 0.165 e. The summed E-state index contributed by atoms with van der Waals surface area (Å²) in [5.74, 6) is -0.401. The van der Waals surface area contributed by atoms with Crippen molar-refractivity contribution in [3.8, 4) is 0 Å². The molecule has 3 heteroatoms. The highest BCUT2D eigenvalue weighted by Crippen LogP contribution is 2.26. The topological polar surface area (TPSA) is 27.7 Å². The molecular formula is C10H18O3. The lowest BCUT2D eigenvalue weighted by Crippen LogP contribution is -2.26. The van der Waals surface area contributed by atoms with Crippen LogP contribution < -0.4 is 0 Å². The SMILES string of the molecule is C=CCOCC1COC(C)(CC)O1. The molecule has 0 radical (unpaired) electrons. The molecule has 0 spiro atoms. The summed E-state index contributed by atoms with van der Waals surface area (Å²) in [6.45, 7) is 9.36. The van der Waals surface area contributed by atoms with Crippen molar-refractivity contribution < 1.29 is 14.2 Å². The van der Waals surface area contributed by atoms with Crippen LogP contribution >= 0.6 is 0 Å². The van der Waals surface area contributed by atoms with Gasteiger partial charge >= 0.3 is 0 Å². The van der Waals surface area contributed by atoms with Crippen LogP contribution in [0.25, 0.3) is 0 Å². The molecule has 0 aromatic carbocycles. The van der Waals surface area contributed by atoms with E-state index in [-0.39, 0.29) is 6.10 Å². The van der Waals surface area contributed by atoms with Crippen LogP contribution in [0.2, 0.25) is 0 Å². The van der Waals surface area contributed by atoms with Crippen molar-refractivity contribution >= 4 is 0 Å². The Labute approximate surface area is 79.7 Å². The molecule has 76 valence electrons. The van der Waals surface area contributed by atoms with Gasteiger partial charge in [-0.1, -0.05) is 13.0 Å². The van der Waals surface area contributed by atoms with Crippen molar-refractivity contribution in [2.75, 3.05) is 19.8 Å². The Morgan fingerprint density at radius 2 is 2.46 bits per heavy atom. The number of rotatable bonds is 5. The van der Waals surface area contributed by atoms with Crippen molar-refractivity contribution in [2.45, 2.75) is 32.2 Å². The van der Waals surface area contributed by atoms with Gasteiger partial charge in [-0.2, -0.15) is 0 Å². The lowest BCUT2D eigenvalue weighted by molar-refractivity contribution is -0.160. The minimum atomic E-state index is -0.401. The fraction of sp³-hybridized carbons (Fsp3) is 0.800. The summed E-state index contributed by atoms with van der Waals surface area (Å²) >= 11 is 0. The van der Waals surface area contributed by atoms with Crippen molar-refractivity contribution in [1.82, 2.24) is 0 Å². The second-order valence-corrected chi connectivity index (χ2v) is 3.36. The number of hydrogen-bond acceptors (Lipinski definition) is 3. The zero-order valence-corrected chi connectivity index (χ0v) is 8.41. The molecule has 2 atom stereocenters. The third-order valence-corrected chi connectivity index (χ3v) is 2.17. The molecule has 0 bridgehead atoms. The molecule has 3 nitrogen and oxygen atoms in total. The molecule has 0 amide bonds. The standard InChI is InChI=1S/C10H18O3/c1-4-6-11-7-9-8-12-10(3,5-2)13-9/h4,9H,1,5-8H2,2-3H3. The monoisotopic (exact) mass is 186 g/mol. The molecule has 1 heterocycles. The van der Waals surface area contributed by atoms with E-state index < -0.39 is 5.79 Å². The van der Waals surface area contributed by atoms with E-state index >= 15 is 0 Å². The van der Waals surface area contributed by atoms with Crippen LogP contribution in [0.3, 0.4) is 0 Å². The number of hydrogen-bond donors (Lipinski definition) is 0.